The van der Waals surface area contributed by atoms with Crippen LogP contribution in [0.3, 0.4) is 0 Å². The standard InChI is InChI=1S/C24H30N8O6/c25-16(7-13-9-28-17-4-2-1-3-15(13)17)22(35)32-18(5-6-20(26)33)23(36)29-11-21(34)31-19(24(37)38)8-14-10-27-12-30-14/h1-4,9-10,12,16,18-19,28H,5-8,11,25H2,(H2,26,33)(H,27,30)(H,29,36)(H,31,34)(H,32,35)(H,37,38). The number of primary amides is 1. The molecule has 2 heterocycles. The van der Waals surface area contributed by atoms with Crippen LogP contribution in [0.4, 0.5) is 0 Å². The number of nitrogens with two attached hydrogens (primary N) is 2. The van der Waals surface area contributed by atoms with Crippen LogP contribution in [0.2, 0.25) is 0 Å². The molecule has 0 saturated heterocycles. The van der Waals surface area contributed by atoms with Crippen molar-refractivity contribution in [2.45, 2.75) is 43.8 Å². The van der Waals surface area contributed by atoms with E-state index in [4.69, 9.17) is 11.5 Å². The zero-order chi connectivity index (χ0) is 27.7. The molecule has 10 N–H and O–H groups in total. The van der Waals surface area contributed by atoms with Gasteiger partial charge in [0.25, 0.3) is 0 Å². The van der Waals surface area contributed by atoms with Crippen molar-refractivity contribution in [3.8, 4) is 0 Å². The van der Waals surface area contributed by atoms with Gasteiger partial charge in [0.05, 0.1) is 18.9 Å². The normalized spacial score (nSPS) is 13.3. The summed E-state index contributed by atoms with van der Waals surface area (Å²) in [5.74, 6) is -4.10. The third kappa shape index (κ3) is 7.89. The summed E-state index contributed by atoms with van der Waals surface area (Å²) in [5.41, 5.74) is 13.5. The van der Waals surface area contributed by atoms with E-state index in [9.17, 15) is 29.1 Å². The third-order valence-electron chi connectivity index (χ3n) is 5.80. The van der Waals surface area contributed by atoms with Gasteiger partial charge in [-0.1, -0.05) is 18.2 Å². The molecule has 3 atom stereocenters. The van der Waals surface area contributed by atoms with Gasteiger partial charge in [0.15, 0.2) is 0 Å². The number of aliphatic carboxylic acids is 1. The van der Waals surface area contributed by atoms with E-state index in [1.54, 1.807) is 6.20 Å². The highest BCUT2D eigenvalue weighted by atomic mass is 16.4. The van der Waals surface area contributed by atoms with Gasteiger partial charge in [-0.05, 0) is 24.5 Å². The van der Waals surface area contributed by atoms with Crippen LogP contribution in [-0.2, 0) is 36.8 Å². The van der Waals surface area contributed by atoms with Crippen molar-refractivity contribution < 1.29 is 29.1 Å². The van der Waals surface area contributed by atoms with Gasteiger partial charge in [0.2, 0.25) is 23.6 Å². The lowest BCUT2D eigenvalue weighted by molar-refractivity contribution is -0.141. The summed E-state index contributed by atoms with van der Waals surface area (Å²) in [6, 6.07) is 4.07. The predicted octanol–water partition coefficient (Wildman–Crippen LogP) is -1.56. The molecule has 3 aromatic rings. The summed E-state index contributed by atoms with van der Waals surface area (Å²) in [7, 11) is 0. The first-order valence-corrected chi connectivity index (χ1v) is 11.8. The minimum Gasteiger partial charge on any atom is -0.480 e. The van der Waals surface area contributed by atoms with Gasteiger partial charge >= 0.3 is 5.97 Å². The molecule has 3 unspecified atom stereocenters. The summed E-state index contributed by atoms with van der Waals surface area (Å²) in [6.45, 7) is -0.560. The van der Waals surface area contributed by atoms with Crippen LogP contribution in [0.5, 0.6) is 0 Å². The number of fused-ring (bicyclic) bond motifs is 1. The average molecular weight is 527 g/mol. The molecule has 38 heavy (non-hydrogen) atoms. The summed E-state index contributed by atoms with van der Waals surface area (Å²) < 4.78 is 0. The van der Waals surface area contributed by atoms with Crippen molar-refractivity contribution in [2.24, 2.45) is 11.5 Å². The third-order valence-corrected chi connectivity index (χ3v) is 5.80. The lowest BCUT2D eigenvalue weighted by Gasteiger charge is -2.21. The molecule has 0 fully saturated rings. The second-order valence-corrected chi connectivity index (χ2v) is 8.69. The van der Waals surface area contributed by atoms with Crippen molar-refractivity contribution in [2.75, 3.05) is 6.54 Å². The number of carboxylic acid groups (broad SMARTS) is 1. The van der Waals surface area contributed by atoms with Crippen molar-refractivity contribution in [3.05, 3.63) is 54.2 Å². The molecular formula is C24H30N8O6. The van der Waals surface area contributed by atoms with Crippen LogP contribution in [0, 0.1) is 0 Å². The van der Waals surface area contributed by atoms with Gasteiger partial charge in [0.1, 0.15) is 12.1 Å². The van der Waals surface area contributed by atoms with Crippen LogP contribution in [0.1, 0.15) is 24.1 Å². The number of aromatic amines is 2. The minimum atomic E-state index is -1.27. The number of aromatic nitrogens is 3. The summed E-state index contributed by atoms with van der Waals surface area (Å²) in [4.78, 5) is 70.2. The monoisotopic (exact) mass is 526 g/mol. The van der Waals surface area contributed by atoms with Crippen LogP contribution in [0.25, 0.3) is 10.9 Å². The summed E-state index contributed by atoms with van der Waals surface area (Å²) >= 11 is 0. The number of benzene rings is 1. The highest BCUT2D eigenvalue weighted by molar-refractivity contribution is 5.93. The summed E-state index contributed by atoms with van der Waals surface area (Å²) in [5, 5.41) is 17.5. The molecule has 0 saturated carbocycles. The highest BCUT2D eigenvalue weighted by Crippen LogP contribution is 2.18. The fourth-order valence-electron chi connectivity index (χ4n) is 3.82. The minimum absolute atomic E-state index is 0.0410. The fourth-order valence-corrected chi connectivity index (χ4v) is 3.82. The number of amides is 4. The molecule has 0 aliphatic heterocycles. The van der Waals surface area contributed by atoms with Gasteiger partial charge in [0, 0.05) is 41.8 Å². The Hall–Kier alpha value is -4.72. The average Bonchev–Trinajstić information content (AvgIpc) is 3.54. The zero-order valence-corrected chi connectivity index (χ0v) is 20.4. The first-order valence-electron chi connectivity index (χ1n) is 11.8. The van der Waals surface area contributed by atoms with Gasteiger partial charge in [-0.2, -0.15) is 0 Å². The number of carbonyl (C=O) groups is 5. The number of nitrogens with zero attached hydrogens (tertiary/aromatic N) is 1. The van der Waals surface area contributed by atoms with Gasteiger partial charge in [-0.25, -0.2) is 9.78 Å². The van der Waals surface area contributed by atoms with E-state index in [0.717, 1.165) is 16.5 Å². The zero-order valence-electron chi connectivity index (χ0n) is 20.4. The Balaban J connectivity index is 1.56. The van der Waals surface area contributed by atoms with Crippen LogP contribution >= 0.6 is 0 Å². The molecule has 14 nitrogen and oxygen atoms in total. The van der Waals surface area contributed by atoms with Crippen molar-refractivity contribution >= 4 is 40.5 Å². The Bertz CT molecular complexity index is 1290. The largest absolute Gasteiger partial charge is 0.480 e. The molecule has 2 aromatic heterocycles. The Labute approximate surface area is 216 Å². The number of para-hydroxylation sites is 1. The van der Waals surface area contributed by atoms with Crippen molar-refractivity contribution in [1.29, 1.82) is 0 Å². The van der Waals surface area contributed by atoms with Gasteiger partial charge in [-0.15, -0.1) is 0 Å². The maximum atomic E-state index is 12.8. The van der Waals surface area contributed by atoms with Crippen LogP contribution in [-0.4, -0.2) is 74.3 Å². The number of imidazole rings is 1. The smallest absolute Gasteiger partial charge is 0.326 e. The quantitative estimate of drug-likeness (QED) is 0.122. The van der Waals surface area contributed by atoms with Gasteiger partial charge < -0.3 is 42.5 Å². The lowest BCUT2D eigenvalue weighted by atomic mass is 10.0. The second kappa shape index (κ2) is 13.0. The molecule has 1 aromatic carbocycles. The number of carboxylic acids is 1. The lowest BCUT2D eigenvalue weighted by Crippen LogP contribution is -2.54. The van der Waals surface area contributed by atoms with Crippen LogP contribution < -0.4 is 27.4 Å². The van der Waals surface area contributed by atoms with E-state index in [0.29, 0.717) is 5.69 Å². The Kier molecular flexibility index (Phi) is 9.54. The van der Waals surface area contributed by atoms with Crippen molar-refractivity contribution in [3.63, 3.8) is 0 Å². The molecule has 4 amide bonds. The van der Waals surface area contributed by atoms with E-state index in [1.807, 2.05) is 24.3 Å². The first-order chi connectivity index (χ1) is 18.1. The Morgan fingerprint density at radius 3 is 2.45 bits per heavy atom. The van der Waals surface area contributed by atoms with E-state index < -0.39 is 54.3 Å². The number of hydrogen-bond donors (Lipinski definition) is 8. The molecule has 0 radical (unpaired) electrons. The van der Waals surface area contributed by atoms with E-state index in [-0.39, 0.29) is 25.7 Å². The number of H-pyrrole nitrogens is 2. The van der Waals surface area contributed by atoms with E-state index in [2.05, 4.69) is 30.9 Å². The topological polar surface area (TPSA) is 238 Å². The van der Waals surface area contributed by atoms with E-state index in [1.165, 1.54) is 12.5 Å². The van der Waals surface area contributed by atoms with Gasteiger partial charge in [-0.3, -0.25) is 19.2 Å². The summed E-state index contributed by atoms with van der Waals surface area (Å²) in [6.07, 6.45) is 4.39. The van der Waals surface area contributed by atoms with E-state index >= 15 is 0 Å². The molecule has 0 aliphatic rings. The molecule has 202 valence electrons. The molecule has 0 spiro atoms. The SMILES string of the molecule is NC(=O)CCC(NC(=O)C(N)Cc1c[nH]c2ccccc12)C(=O)NCC(=O)NC(Cc1cnc[nH]1)C(=O)O. The highest BCUT2D eigenvalue weighted by Gasteiger charge is 2.26. The maximum absolute atomic E-state index is 12.8. The second-order valence-electron chi connectivity index (χ2n) is 8.69. The molecule has 0 aliphatic carbocycles. The molecule has 0 bridgehead atoms. The molecular weight excluding hydrogens is 496 g/mol. The van der Waals surface area contributed by atoms with Crippen LogP contribution in [0.15, 0.2) is 43.0 Å². The Morgan fingerprint density at radius 1 is 1.00 bits per heavy atom. The number of carbonyl (C=O) groups excluding carboxylic acids is 4. The first kappa shape index (κ1) is 27.9. The molecule has 14 heteroatoms. The Morgan fingerprint density at radius 2 is 1.76 bits per heavy atom. The number of rotatable bonds is 14. The molecule has 3 rings (SSSR count). The fraction of sp³-hybridized carbons (Fsp3) is 0.333. The predicted molar refractivity (Wildman–Crippen MR) is 135 cm³/mol. The maximum Gasteiger partial charge on any atom is 0.326 e. The van der Waals surface area contributed by atoms with Crippen molar-refractivity contribution in [1.82, 2.24) is 30.9 Å². The number of nitrogens with one attached hydrogen (secondary N) is 5. The number of hydrogen-bond acceptors (Lipinski definition) is 7.